The van der Waals surface area contributed by atoms with Crippen LogP contribution < -0.4 is 4.74 Å². The van der Waals surface area contributed by atoms with E-state index in [0.717, 1.165) is 43.9 Å². The zero-order valence-corrected chi connectivity index (χ0v) is 13.4. The maximum absolute atomic E-state index is 9.19. The molecular formula is C19H24N2O2. The van der Waals surface area contributed by atoms with E-state index in [4.69, 9.17) is 4.74 Å². The Balaban J connectivity index is 1.47. The van der Waals surface area contributed by atoms with Crippen LogP contribution in [0.5, 0.6) is 5.75 Å². The fourth-order valence-electron chi connectivity index (χ4n) is 2.92. The number of hydrogen-bond donors (Lipinski definition) is 1. The van der Waals surface area contributed by atoms with Gasteiger partial charge < -0.3 is 9.84 Å². The fourth-order valence-corrected chi connectivity index (χ4v) is 2.92. The fraction of sp³-hybridized carbons (Fsp3) is 0.421. The van der Waals surface area contributed by atoms with Crippen molar-refractivity contribution in [1.82, 2.24) is 9.88 Å². The van der Waals surface area contributed by atoms with E-state index in [0.29, 0.717) is 19.1 Å². The summed E-state index contributed by atoms with van der Waals surface area (Å²) in [6.07, 6.45) is 3.98. The average molecular weight is 312 g/mol. The van der Waals surface area contributed by atoms with Crippen molar-refractivity contribution < 1.29 is 9.84 Å². The zero-order chi connectivity index (χ0) is 15.9. The molecule has 0 amide bonds. The molecule has 1 aromatic heterocycles. The molecular weight excluding hydrogens is 288 g/mol. The minimum absolute atomic E-state index is 0.330. The molecule has 2 heterocycles. The molecule has 4 heteroatoms. The molecule has 1 saturated heterocycles. The molecule has 0 spiro atoms. The first kappa shape index (κ1) is 16.0. The van der Waals surface area contributed by atoms with Crippen LogP contribution >= 0.6 is 0 Å². The summed E-state index contributed by atoms with van der Waals surface area (Å²) in [7, 11) is 0. The van der Waals surface area contributed by atoms with E-state index in [1.807, 2.05) is 30.3 Å². The van der Waals surface area contributed by atoms with Gasteiger partial charge in [0.1, 0.15) is 12.4 Å². The third-order valence-electron chi connectivity index (χ3n) is 4.41. The number of rotatable bonds is 6. The van der Waals surface area contributed by atoms with Crippen LogP contribution in [-0.2, 0) is 13.2 Å². The molecule has 0 bridgehead atoms. The van der Waals surface area contributed by atoms with Crippen LogP contribution in [0, 0.1) is 5.92 Å². The van der Waals surface area contributed by atoms with Crippen LogP contribution in [0.4, 0.5) is 0 Å². The van der Waals surface area contributed by atoms with Gasteiger partial charge in [0.05, 0.1) is 5.69 Å². The third kappa shape index (κ3) is 4.78. The Morgan fingerprint density at radius 1 is 1.09 bits per heavy atom. The minimum Gasteiger partial charge on any atom is -0.487 e. The van der Waals surface area contributed by atoms with Gasteiger partial charge >= 0.3 is 0 Å². The Morgan fingerprint density at radius 2 is 1.87 bits per heavy atom. The Kier molecular flexibility index (Phi) is 5.61. The zero-order valence-electron chi connectivity index (χ0n) is 13.4. The molecule has 23 heavy (non-hydrogen) atoms. The molecule has 122 valence electrons. The molecule has 1 fully saturated rings. The molecule has 0 saturated carbocycles. The maximum atomic E-state index is 9.19. The summed E-state index contributed by atoms with van der Waals surface area (Å²) in [4.78, 5) is 6.71. The van der Waals surface area contributed by atoms with Crippen molar-refractivity contribution in [2.75, 3.05) is 19.7 Å². The smallest absolute Gasteiger partial charge is 0.130 e. The van der Waals surface area contributed by atoms with Crippen LogP contribution in [0.2, 0.25) is 0 Å². The molecule has 0 atom stereocenters. The van der Waals surface area contributed by atoms with E-state index < -0.39 is 0 Å². The lowest BCUT2D eigenvalue weighted by molar-refractivity contribution is 0.127. The topological polar surface area (TPSA) is 45.6 Å². The minimum atomic E-state index is 0.330. The van der Waals surface area contributed by atoms with Crippen LogP contribution in [0.3, 0.4) is 0 Å². The maximum Gasteiger partial charge on any atom is 0.130 e. The number of likely N-dealkylation sites (tertiary alicyclic amines) is 1. The molecule has 1 N–H and O–H groups in total. The van der Waals surface area contributed by atoms with Crippen molar-refractivity contribution in [3.05, 3.63) is 59.9 Å². The predicted octanol–water partition coefficient (Wildman–Crippen LogP) is 2.86. The van der Waals surface area contributed by atoms with E-state index >= 15 is 0 Å². The average Bonchev–Trinajstić information content (AvgIpc) is 2.63. The first-order valence-corrected chi connectivity index (χ1v) is 8.28. The molecule has 0 aliphatic carbocycles. The van der Waals surface area contributed by atoms with E-state index in [2.05, 4.69) is 22.0 Å². The number of aliphatic hydroxyl groups excluding tert-OH is 1. The van der Waals surface area contributed by atoms with Gasteiger partial charge in [-0.15, -0.1) is 0 Å². The highest BCUT2D eigenvalue weighted by Gasteiger charge is 2.18. The SMILES string of the molecule is OCC1CCN(Cc2ccc(OCc3ccccn3)cc2)CC1. The molecule has 0 radical (unpaired) electrons. The Morgan fingerprint density at radius 3 is 2.52 bits per heavy atom. The van der Waals surface area contributed by atoms with Crippen LogP contribution in [0.15, 0.2) is 48.7 Å². The summed E-state index contributed by atoms with van der Waals surface area (Å²) >= 11 is 0. The highest BCUT2D eigenvalue weighted by Crippen LogP contribution is 2.20. The lowest BCUT2D eigenvalue weighted by Crippen LogP contribution is -2.34. The summed E-state index contributed by atoms with van der Waals surface area (Å²) < 4.78 is 5.76. The number of hydrogen-bond acceptors (Lipinski definition) is 4. The molecule has 4 nitrogen and oxygen atoms in total. The molecule has 0 unspecified atom stereocenters. The standard InChI is InChI=1S/C19H24N2O2/c22-14-17-8-11-21(12-9-17)13-16-4-6-19(7-5-16)23-15-18-3-1-2-10-20-18/h1-7,10,17,22H,8-9,11-15H2. The highest BCUT2D eigenvalue weighted by molar-refractivity contribution is 5.27. The van der Waals surface area contributed by atoms with E-state index in [9.17, 15) is 5.11 Å². The van der Waals surface area contributed by atoms with Gasteiger partial charge in [0.25, 0.3) is 0 Å². The van der Waals surface area contributed by atoms with Gasteiger partial charge in [-0.05, 0) is 61.7 Å². The number of benzene rings is 1. The van der Waals surface area contributed by atoms with E-state index in [1.165, 1.54) is 5.56 Å². The van der Waals surface area contributed by atoms with Crippen LogP contribution in [-0.4, -0.2) is 34.7 Å². The molecule has 1 aromatic carbocycles. The number of aliphatic hydroxyl groups is 1. The van der Waals surface area contributed by atoms with Crippen molar-refractivity contribution >= 4 is 0 Å². The van der Waals surface area contributed by atoms with Gasteiger partial charge in [0.2, 0.25) is 0 Å². The second-order valence-electron chi connectivity index (χ2n) is 6.16. The monoisotopic (exact) mass is 312 g/mol. The number of nitrogens with zero attached hydrogens (tertiary/aromatic N) is 2. The first-order chi connectivity index (χ1) is 11.3. The number of aromatic nitrogens is 1. The molecule has 1 aliphatic rings. The first-order valence-electron chi connectivity index (χ1n) is 8.28. The van der Waals surface area contributed by atoms with Crippen molar-refractivity contribution in [3.8, 4) is 5.75 Å². The van der Waals surface area contributed by atoms with Crippen LogP contribution in [0.1, 0.15) is 24.1 Å². The quantitative estimate of drug-likeness (QED) is 0.891. The predicted molar refractivity (Wildman–Crippen MR) is 90.1 cm³/mol. The van der Waals surface area contributed by atoms with Gasteiger partial charge in [-0.3, -0.25) is 9.88 Å². The normalized spacial score (nSPS) is 16.4. The summed E-state index contributed by atoms with van der Waals surface area (Å²) in [6.45, 7) is 3.94. The summed E-state index contributed by atoms with van der Waals surface area (Å²) in [5.41, 5.74) is 2.24. The largest absolute Gasteiger partial charge is 0.487 e. The Labute approximate surface area is 137 Å². The molecule has 1 aliphatic heterocycles. The summed E-state index contributed by atoms with van der Waals surface area (Å²) in [5.74, 6) is 1.37. The van der Waals surface area contributed by atoms with Crippen molar-refractivity contribution in [1.29, 1.82) is 0 Å². The lowest BCUT2D eigenvalue weighted by atomic mass is 9.97. The summed E-state index contributed by atoms with van der Waals surface area (Å²) in [5, 5.41) is 9.19. The Bertz CT molecular complexity index is 578. The second kappa shape index (κ2) is 8.09. The summed E-state index contributed by atoms with van der Waals surface area (Å²) in [6, 6.07) is 14.1. The third-order valence-corrected chi connectivity index (χ3v) is 4.41. The lowest BCUT2D eigenvalue weighted by Gasteiger charge is -2.31. The highest BCUT2D eigenvalue weighted by atomic mass is 16.5. The van der Waals surface area contributed by atoms with Gasteiger partial charge in [-0.1, -0.05) is 18.2 Å². The van der Waals surface area contributed by atoms with Gasteiger partial charge in [-0.25, -0.2) is 0 Å². The Hall–Kier alpha value is -1.91. The van der Waals surface area contributed by atoms with Gasteiger partial charge in [0.15, 0.2) is 0 Å². The molecule has 3 rings (SSSR count). The van der Waals surface area contributed by atoms with Crippen molar-refractivity contribution in [2.24, 2.45) is 5.92 Å². The number of pyridine rings is 1. The van der Waals surface area contributed by atoms with E-state index in [-0.39, 0.29) is 0 Å². The molecule has 2 aromatic rings. The van der Waals surface area contributed by atoms with Crippen molar-refractivity contribution in [2.45, 2.75) is 26.0 Å². The number of ether oxygens (including phenoxy) is 1. The van der Waals surface area contributed by atoms with Gasteiger partial charge in [0, 0.05) is 19.3 Å². The van der Waals surface area contributed by atoms with Crippen LogP contribution in [0.25, 0.3) is 0 Å². The van der Waals surface area contributed by atoms with Gasteiger partial charge in [-0.2, -0.15) is 0 Å². The second-order valence-corrected chi connectivity index (χ2v) is 6.16. The van der Waals surface area contributed by atoms with Crippen molar-refractivity contribution in [3.63, 3.8) is 0 Å². The number of piperidine rings is 1. The van der Waals surface area contributed by atoms with E-state index in [1.54, 1.807) is 6.20 Å².